The molecular formula is C20H29IN4O4S. The summed E-state index contributed by atoms with van der Waals surface area (Å²) >= 11 is 0. The van der Waals surface area contributed by atoms with Gasteiger partial charge in [-0.2, -0.15) is 0 Å². The van der Waals surface area contributed by atoms with E-state index in [1.807, 2.05) is 25.1 Å². The number of benzene rings is 2. The molecule has 0 aromatic heterocycles. The zero-order valence-electron chi connectivity index (χ0n) is 17.6. The molecule has 0 atom stereocenters. The maximum absolute atomic E-state index is 12.3. The van der Waals surface area contributed by atoms with Crippen LogP contribution in [0.4, 0.5) is 0 Å². The molecule has 0 aliphatic heterocycles. The first kappa shape index (κ1) is 26.0. The molecule has 2 aromatic carbocycles. The van der Waals surface area contributed by atoms with Crippen molar-refractivity contribution in [3.8, 4) is 11.5 Å². The fraction of sp³-hybridized carbons (Fsp3) is 0.350. The maximum Gasteiger partial charge on any atom is 0.240 e. The van der Waals surface area contributed by atoms with Crippen LogP contribution in [0.3, 0.4) is 0 Å². The molecule has 3 N–H and O–H groups in total. The Labute approximate surface area is 195 Å². The summed E-state index contributed by atoms with van der Waals surface area (Å²) in [5.74, 6) is 1.98. The summed E-state index contributed by atoms with van der Waals surface area (Å²) in [6.45, 7) is 3.00. The lowest BCUT2D eigenvalue weighted by atomic mass is 10.2. The van der Waals surface area contributed by atoms with Crippen LogP contribution < -0.4 is 24.8 Å². The van der Waals surface area contributed by atoms with Gasteiger partial charge in [-0.3, -0.25) is 4.99 Å². The van der Waals surface area contributed by atoms with Gasteiger partial charge in [0, 0.05) is 38.3 Å². The van der Waals surface area contributed by atoms with Gasteiger partial charge < -0.3 is 20.1 Å². The molecular weight excluding hydrogens is 519 g/mol. The normalized spacial score (nSPS) is 11.4. The quantitative estimate of drug-likeness (QED) is 0.193. The Morgan fingerprint density at radius 3 is 2.30 bits per heavy atom. The van der Waals surface area contributed by atoms with E-state index < -0.39 is 10.0 Å². The van der Waals surface area contributed by atoms with Crippen LogP contribution in [0.1, 0.15) is 11.1 Å². The summed E-state index contributed by atoms with van der Waals surface area (Å²) in [5.41, 5.74) is 1.95. The minimum atomic E-state index is -3.53. The molecule has 10 heteroatoms. The SMILES string of the molecule is CN=C(NCCNS(=O)(=O)c1ccc(C)cc1)NCc1ccc(OC)cc1OC.I. The smallest absolute Gasteiger partial charge is 0.240 e. The third-order valence-corrected chi connectivity index (χ3v) is 5.68. The van der Waals surface area contributed by atoms with Gasteiger partial charge in [-0.25, -0.2) is 13.1 Å². The van der Waals surface area contributed by atoms with Gasteiger partial charge in [0.05, 0.1) is 19.1 Å². The van der Waals surface area contributed by atoms with Crippen molar-refractivity contribution in [1.82, 2.24) is 15.4 Å². The minimum absolute atomic E-state index is 0. The Morgan fingerprint density at radius 1 is 1.00 bits per heavy atom. The summed E-state index contributed by atoms with van der Waals surface area (Å²) in [6, 6.07) is 12.3. The predicted octanol–water partition coefficient (Wildman–Crippen LogP) is 2.27. The lowest BCUT2D eigenvalue weighted by Crippen LogP contribution is -2.41. The molecule has 8 nitrogen and oxygen atoms in total. The second-order valence-corrected chi connectivity index (χ2v) is 8.01. The Morgan fingerprint density at radius 2 is 1.70 bits per heavy atom. The van der Waals surface area contributed by atoms with E-state index in [4.69, 9.17) is 9.47 Å². The fourth-order valence-electron chi connectivity index (χ4n) is 2.56. The van der Waals surface area contributed by atoms with Gasteiger partial charge in [-0.1, -0.05) is 17.7 Å². The van der Waals surface area contributed by atoms with Crippen LogP contribution in [0.25, 0.3) is 0 Å². The Kier molecular flexibility index (Phi) is 10.9. The van der Waals surface area contributed by atoms with Crippen LogP contribution in [0.2, 0.25) is 0 Å². The van der Waals surface area contributed by atoms with E-state index in [0.29, 0.717) is 30.5 Å². The largest absolute Gasteiger partial charge is 0.497 e. The van der Waals surface area contributed by atoms with Crippen molar-refractivity contribution in [2.75, 3.05) is 34.4 Å². The molecule has 30 heavy (non-hydrogen) atoms. The number of ether oxygens (including phenoxy) is 2. The number of guanidine groups is 1. The topological polar surface area (TPSA) is 101 Å². The molecule has 0 aliphatic carbocycles. The number of aryl methyl sites for hydroxylation is 1. The summed E-state index contributed by atoms with van der Waals surface area (Å²) < 4.78 is 37.7. The minimum Gasteiger partial charge on any atom is -0.497 e. The number of hydrogen-bond donors (Lipinski definition) is 3. The summed E-state index contributed by atoms with van der Waals surface area (Å²) in [5, 5.41) is 6.25. The summed E-state index contributed by atoms with van der Waals surface area (Å²) in [7, 11) is 1.32. The molecule has 0 saturated heterocycles. The van der Waals surface area contributed by atoms with Crippen LogP contribution in [0, 0.1) is 6.92 Å². The fourth-order valence-corrected chi connectivity index (χ4v) is 3.60. The van der Waals surface area contributed by atoms with Crippen molar-refractivity contribution in [1.29, 1.82) is 0 Å². The van der Waals surface area contributed by atoms with Crippen molar-refractivity contribution in [2.45, 2.75) is 18.4 Å². The van der Waals surface area contributed by atoms with E-state index >= 15 is 0 Å². The molecule has 0 saturated carbocycles. The van der Waals surface area contributed by atoms with Gasteiger partial charge in [0.2, 0.25) is 10.0 Å². The number of hydrogen-bond acceptors (Lipinski definition) is 5. The van der Waals surface area contributed by atoms with Gasteiger partial charge in [0.1, 0.15) is 11.5 Å². The van der Waals surface area contributed by atoms with Crippen molar-refractivity contribution in [2.24, 2.45) is 4.99 Å². The van der Waals surface area contributed by atoms with E-state index in [9.17, 15) is 8.42 Å². The molecule has 0 unspecified atom stereocenters. The molecule has 0 spiro atoms. The molecule has 166 valence electrons. The van der Waals surface area contributed by atoms with Gasteiger partial charge in [-0.15, -0.1) is 24.0 Å². The Bertz CT molecular complexity index is 934. The van der Waals surface area contributed by atoms with Crippen molar-refractivity contribution >= 4 is 40.0 Å². The average Bonchev–Trinajstić information content (AvgIpc) is 2.73. The monoisotopic (exact) mass is 548 g/mol. The second kappa shape index (κ2) is 12.6. The number of nitrogens with one attached hydrogen (secondary N) is 3. The molecule has 0 aliphatic rings. The second-order valence-electron chi connectivity index (χ2n) is 6.24. The highest BCUT2D eigenvalue weighted by Gasteiger charge is 2.12. The molecule has 0 amide bonds. The standard InChI is InChI=1S/C20H28N4O4S.HI/c1-15-5-9-18(10-6-15)29(25,26)24-12-11-22-20(21-2)23-14-16-7-8-17(27-3)13-19(16)28-4;/h5-10,13,24H,11-12,14H2,1-4H3,(H2,21,22,23);1H. The van der Waals surface area contributed by atoms with Crippen molar-refractivity contribution < 1.29 is 17.9 Å². The highest BCUT2D eigenvalue weighted by molar-refractivity contribution is 14.0. The van der Waals surface area contributed by atoms with Gasteiger partial charge >= 0.3 is 0 Å². The van der Waals surface area contributed by atoms with Crippen molar-refractivity contribution in [3.05, 3.63) is 53.6 Å². The zero-order chi connectivity index (χ0) is 21.3. The van der Waals surface area contributed by atoms with Crippen LogP contribution in [-0.2, 0) is 16.6 Å². The van der Waals surface area contributed by atoms with E-state index in [-0.39, 0.29) is 35.4 Å². The maximum atomic E-state index is 12.3. The summed E-state index contributed by atoms with van der Waals surface area (Å²) in [4.78, 5) is 4.39. The van der Waals surface area contributed by atoms with E-state index in [1.54, 1.807) is 45.5 Å². The van der Waals surface area contributed by atoms with Gasteiger partial charge in [0.25, 0.3) is 0 Å². The number of rotatable bonds is 9. The molecule has 0 fully saturated rings. The van der Waals surface area contributed by atoms with E-state index in [1.165, 1.54) is 0 Å². The highest BCUT2D eigenvalue weighted by Crippen LogP contribution is 2.24. The molecule has 0 bridgehead atoms. The van der Waals surface area contributed by atoms with Crippen molar-refractivity contribution in [3.63, 3.8) is 0 Å². The van der Waals surface area contributed by atoms with Crippen LogP contribution in [0.15, 0.2) is 52.4 Å². The van der Waals surface area contributed by atoms with Crippen LogP contribution >= 0.6 is 24.0 Å². The first-order chi connectivity index (χ1) is 13.9. The molecule has 2 rings (SSSR count). The number of methoxy groups -OCH3 is 2. The third kappa shape index (κ3) is 7.65. The number of sulfonamides is 1. The first-order valence-corrected chi connectivity index (χ1v) is 10.6. The highest BCUT2D eigenvalue weighted by atomic mass is 127. The zero-order valence-corrected chi connectivity index (χ0v) is 20.7. The van der Waals surface area contributed by atoms with Gasteiger partial charge in [0.15, 0.2) is 5.96 Å². The van der Waals surface area contributed by atoms with E-state index in [0.717, 1.165) is 11.1 Å². The lowest BCUT2D eigenvalue weighted by molar-refractivity contribution is 0.390. The van der Waals surface area contributed by atoms with E-state index in [2.05, 4.69) is 20.3 Å². The predicted molar refractivity (Wildman–Crippen MR) is 130 cm³/mol. The molecule has 0 radical (unpaired) electrons. The lowest BCUT2D eigenvalue weighted by Gasteiger charge is -2.15. The Hall–Kier alpha value is -2.05. The molecule has 0 heterocycles. The van der Waals surface area contributed by atoms with Gasteiger partial charge in [-0.05, 0) is 31.2 Å². The number of halogens is 1. The molecule has 2 aromatic rings. The van der Waals surface area contributed by atoms with Crippen LogP contribution in [0.5, 0.6) is 11.5 Å². The third-order valence-electron chi connectivity index (χ3n) is 4.20. The number of nitrogens with zero attached hydrogens (tertiary/aromatic N) is 1. The number of aliphatic imine (C=N–C) groups is 1. The first-order valence-electron chi connectivity index (χ1n) is 9.11. The average molecular weight is 548 g/mol. The summed E-state index contributed by atoms with van der Waals surface area (Å²) in [6.07, 6.45) is 0. The Balaban J connectivity index is 0.00000450. The van der Waals surface area contributed by atoms with Crippen LogP contribution in [-0.4, -0.2) is 48.7 Å².